The van der Waals surface area contributed by atoms with E-state index in [0.717, 1.165) is 61.3 Å². The summed E-state index contributed by atoms with van der Waals surface area (Å²) in [7, 11) is 0. The maximum Gasteiger partial charge on any atom is 0.416 e. The quantitative estimate of drug-likeness (QED) is 0.150. The number of para-hydroxylation sites is 1. The number of nitrogens with zero attached hydrogens (tertiary/aromatic N) is 5. The highest BCUT2D eigenvalue weighted by atomic mass is 19.4. The van der Waals surface area contributed by atoms with E-state index in [0.29, 0.717) is 56.4 Å². The van der Waals surface area contributed by atoms with Crippen LogP contribution in [0.15, 0.2) is 188 Å². The molecule has 0 bridgehead atoms. The Balaban J connectivity index is 1.32. The maximum absolute atomic E-state index is 14.6. The first kappa shape index (κ1) is 39.5. The largest absolute Gasteiger partial charge is 0.416 e. The lowest BCUT2D eigenvalue weighted by molar-refractivity contribution is -0.137. The van der Waals surface area contributed by atoms with Crippen LogP contribution in [-0.4, -0.2) is 14.5 Å². The first-order valence-electron chi connectivity index (χ1n) is 20.6. The van der Waals surface area contributed by atoms with Gasteiger partial charge >= 0.3 is 6.18 Å². The molecule has 0 spiro atoms. The van der Waals surface area contributed by atoms with Gasteiger partial charge in [-0.25, -0.2) is 14.8 Å². The van der Waals surface area contributed by atoms with Crippen LogP contribution >= 0.6 is 0 Å². The van der Waals surface area contributed by atoms with E-state index in [2.05, 4.69) is 21.5 Å². The molecule has 8 aromatic carbocycles. The minimum Gasteiger partial charge on any atom is -0.308 e. The number of hydrogen-bond donors (Lipinski definition) is 0. The van der Waals surface area contributed by atoms with E-state index in [1.54, 1.807) is 24.3 Å². The lowest BCUT2D eigenvalue weighted by Crippen LogP contribution is -2.06. The topological polar surface area (TPSA) is 58.9 Å². The van der Waals surface area contributed by atoms with E-state index in [-0.39, 0.29) is 0 Å². The molecule has 10 aromatic rings. The molecule has 0 N–H and O–H groups in total. The van der Waals surface area contributed by atoms with E-state index in [4.69, 9.17) is 16.5 Å². The molecule has 0 aliphatic carbocycles. The lowest BCUT2D eigenvalue weighted by Gasteiger charge is -2.22. The summed E-state index contributed by atoms with van der Waals surface area (Å²) >= 11 is 0. The molecule has 8 heteroatoms. The highest BCUT2D eigenvalue weighted by molar-refractivity contribution is 6.12. The van der Waals surface area contributed by atoms with Gasteiger partial charge in [0.15, 0.2) is 11.5 Å². The number of aromatic nitrogens is 3. The first-order chi connectivity index (χ1) is 31.2. The van der Waals surface area contributed by atoms with Gasteiger partial charge in [-0.1, -0.05) is 133 Å². The first-order valence-corrected chi connectivity index (χ1v) is 20.6. The summed E-state index contributed by atoms with van der Waals surface area (Å²) in [5.41, 5.74) is 11.2. The Morgan fingerprint density at radius 2 is 1.12 bits per heavy atom. The van der Waals surface area contributed by atoms with Gasteiger partial charge < -0.3 is 4.57 Å². The predicted molar refractivity (Wildman–Crippen MR) is 250 cm³/mol. The second kappa shape index (κ2) is 16.0. The molecule has 304 valence electrons. The molecule has 0 aliphatic heterocycles. The third-order valence-electron chi connectivity index (χ3n) is 11.5. The van der Waals surface area contributed by atoms with Gasteiger partial charge in [0, 0.05) is 44.2 Å². The van der Waals surface area contributed by atoms with Gasteiger partial charge in [0.05, 0.1) is 46.3 Å². The van der Waals surface area contributed by atoms with Gasteiger partial charge in [0.25, 0.3) is 0 Å². The van der Waals surface area contributed by atoms with Gasteiger partial charge in [-0.2, -0.15) is 18.4 Å². The number of fused-ring (bicyclic) bond motifs is 3. The zero-order chi connectivity index (χ0) is 44.0. The van der Waals surface area contributed by atoms with E-state index in [1.807, 2.05) is 146 Å². The number of alkyl halides is 3. The van der Waals surface area contributed by atoms with Crippen LogP contribution in [0.3, 0.4) is 0 Å². The van der Waals surface area contributed by atoms with Crippen LogP contribution in [0.5, 0.6) is 0 Å². The number of benzene rings is 8. The van der Waals surface area contributed by atoms with Crippen LogP contribution < -0.4 is 0 Å². The molecular weight excluding hydrogens is 800 g/mol. The molecule has 10 rings (SSSR count). The van der Waals surface area contributed by atoms with Gasteiger partial charge in [0.2, 0.25) is 0 Å². The second-order valence-electron chi connectivity index (χ2n) is 15.6. The van der Waals surface area contributed by atoms with E-state index < -0.39 is 11.7 Å². The Morgan fingerprint density at radius 1 is 0.531 bits per heavy atom. The SMILES string of the molecule is [C-]#[N+]c1cc(C#N)ccc1-c1ccc2c(c1)c1ccccc1n2-c1c(-c2cccc(C)c2)cc(-c2nc(-c3ccccc3)cc(-c3ccccc3)n2)cc1-c1cccc(C(F)(F)F)c1. The van der Waals surface area contributed by atoms with Crippen LogP contribution in [0.25, 0.3) is 99.6 Å². The summed E-state index contributed by atoms with van der Waals surface area (Å²) in [4.78, 5) is 14.1. The number of halogens is 3. The number of hydrogen-bond acceptors (Lipinski definition) is 3. The lowest BCUT2D eigenvalue weighted by atomic mass is 9.91. The summed E-state index contributed by atoms with van der Waals surface area (Å²) in [5, 5.41) is 11.3. The van der Waals surface area contributed by atoms with Gasteiger partial charge in [-0.05, 0) is 89.8 Å². The van der Waals surface area contributed by atoms with Crippen LogP contribution in [-0.2, 0) is 6.18 Å². The summed E-state index contributed by atoms with van der Waals surface area (Å²) in [6.07, 6.45) is -4.59. The summed E-state index contributed by atoms with van der Waals surface area (Å²) in [5.74, 6) is 0.416. The minimum absolute atomic E-state index is 0.361. The van der Waals surface area contributed by atoms with Gasteiger partial charge in [0.1, 0.15) is 0 Å². The maximum atomic E-state index is 14.6. The molecule has 2 heterocycles. The second-order valence-corrected chi connectivity index (χ2v) is 15.6. The predicted octanol–water partition coefficient (Wildman–Crippen LogP) is 15.3. The van der Waals surface area contributed by atoms with E-state index in [9.17, 15) is 18.4 Å². The molecule has 0 saturated heterocycles. The van der Waals surface area contributed by atoms with Crippen molar-refractivity contribution in [1.82, 2.24) is 14.5 Å². The van der Waals surface area contributed by atoms with Crippen molar-refractivity contribution in [2.75, 3.05) is 0 Å². The average molecular weight is 834 g/mol. The van der Waals surface area contributed by atoms with Gasteiger partial charge in [-0.3, -0.25) is 0 Å². The fourth-order valence-corrected chi connectivity index (χ4v) is 8.53. The zero-order valence-corrected chi connectivity index (χ0v) is 34.3. The minimum atomic E-state index is -4.59. The highest BCUT2D eigenvalue weighted by Gasteiger charge is 2.31. The Morgan fingerprint density at radius 3 is 1.77 bits per heavy atom. The van der Waals surface area contributed by atoms with Crippen molar-refractivity contribution < 1.29 is 13.2 Å². The summed E-state index contributed by atoms with van der Waals surface area (Å²) in [6.45, 7) is 9.93. The van der Waals surface area contributed by atoms with Crippen molar-refractivity contribution in [3.63, 3.8) is 0 Å². The number of rotatable bonds is 7. The van der Waals surface area contributed by atoms with Crippen LogP contribution in [0.2, 0.25) is 0 Å². The zero-order valence-electron chi connectivity index (χ0n) is 34.3. The molecule has 0 amide bonds. The van der Waals surface area contributed by atoms with E-state index in [1.165, 1.54) is 12.1 Å². The third kappa shape index (κ3) is 7.23. The van der Waals surface area contributed by atoms with Crippen molar-refractivity contribution in [3.05, 3.63) is 216 Å². The molecule has 2 aromatic heterocycles. The van der Waals surface area contributed by atoms with Crippen LogP contribution in [0, 0.1) is 24.8 Å². The Kier molecular flexibility index (Phi) is 9.90. The van der Waals surface area contributed by atoms with Crippen molar-refractivity contribution in [1.29, 1.82) is 5.26 Å². The van der Waals surface area contributed by atoms with Crippen molar-refractivity contribution in [2.45, 2.75) is 13.1 Å². The Labute approximate surface area is 367 Å². The molecule has 64 heavy (non-hydrogen) atoms. The molecule has 0 radical (unpaired) electrons. The molecule has 5 nitrogen and oxygen atoms in total. The van der Waals surface area contributed by atoms with Crippen LogP contribution in [0.4, 0.5) is 18.9 Å². The molecule has 0 saturated carbocycles. The molecule has 0 unspecified atom stereocenters. The Bertz CT molecular complexity index is 3460. The van der Waals surface area contributed by atoms with E-state index >= 15 is 0 Å². The normalized spacial score (nSPS) is 11.4. The molecule has 0 atom stereocenters. The smallest absolute Gasteiger partial charge is 0.308 e. The van der Waals surface area contributed by atoms with Gasteiger partial charge in [-0.15, -0.1) is 0 Å². The Hall–Kier alpha value is -8.59. The summed E-state index contributed by atoms with van der Waals surface area (Å²) < 4.78 is 46.0. The number of aryl methyl sites for hydroxylation is 1. The molecule has 0 aliphatic rings. The van der Waals surface area contributed by atoms with Crippen molar-refractivity contribution >= 4 is 27.5 Å². The summed E-state index contributed by atoms with van der Waals surface area (Å²) in [6, 6.07) is 60.4. The molecular formula is C56H34F3N5. The number of nitriles is 1. The monoisotopic (exact) mass is 833 g/mol. The van der Waals surface area contributed by atoms with Crippen LogP contribution in [0.1, 0.15) is 16.7 Å². The van der Waals surface area contributed by atoms with Crippen molar-refractivity contribution in [3.8, 4) is 79.0 Å². The highest BCUT2D eigenvalue weighted by Crippen LogP contribution is 2.46. The fourth-order valence-electron chi connectivity index (χ4n) is 8.53. The molecule has 0 fully saturated rings. The van der Waals surface area contributed by atoms with Crippen molar-refractivity contribution in [2.24, 2.45) is 0 Å². The average Bonchev–Trinajstić information content (AvgIpc) is 3.66. The standard InChI is InChI=1S/C56H34F3N5/c1-35-13-11-18-39(27-35)46-31-42(55-62-49(37-14-5-3-6-15-37)33-50(63-55)38-16-7-4-8-17-38)32-47(40-19-12-20-43(29-40)56(57,58)59)54(46)64-52-22-10-9-21-45(52)48-30-41(24-26-53(48)64)44-25-23-36(34-60)28-51(44)61-2/h3-33H,1H3. The fraction of sp³-hybridized carbons (Fsp3) is 0.0357. The third-order valence-corrected chi connectivity index (χ3v) is 11.5.